The van der Waals surface area contributed by atoms with E-state index in [2.05, 4.69) is 0 Å². The molecule has 1 aromatic carbocycles. The number of carbonyl (C=O) groups excluding carboxylic acids is 2. The van der Waals surface area contributed by atoms with Gasteiger partial charge in [0, 0.05) is 6.42 Å². The third-order valence-electron chi connectivity index (χ3n) is 3.91. The quantitative estimate of drug-likeness (QED) is 0.847. The van der Waals surface area contributed by atoms with E-state index in [0.717, 1.165) is 0 Å². The molecule has 0 unspecified atom stereocenters. The van der Waals surface area contributed by atoms with E-state index in [-0.39, 0.29) is 11.6 Å². The van der Waals surface area contributed by atoms with Crippen molar-refractivity contribution in [3.8, 4) is 0 Å². The van der Waals surface area contributed by atoms with Crippen molar-refractivity contribution in [1.29, 1.82) is 0 Å². The molecule has 1 saturated carbocycles. The van der Waals surface area contributed by atoms with Gasteiger partial charge in [-0.05, 0) is 50.5 Å². The van der Waals surface area contributed by atoms with Crippen molar-refractivity contribution in [2.24, 2.45) is 5.92 Å². The molecule has 4 nitrogen and oxygen atoms in total. The fourth-order valence-corrected chi connectivity index (χ4v) is 2.71. The van der Waals surface area contributed by atoms with Gasteiger partial charge in [-0.2, -0.15) is 0 Å². The van der Waals surface area contributed by atoms with Crippen molar-refractivity contribution < 1.29 is 23.8 Å². The molecule has 0 aliphatic heterocycles. The lowest BCUT2D eigenvalue weighted by Crippen LogP contribution is -2.47. The molecule has 0 radical (unpaired) electrons. The number of esters is 1. The third kappa shape index (κ3) is 4.05. The second-order valence-corrected chi connectivity index (χ2v) is 6.08. The van der Waals surface area contributed by atoms with Gasteiger partial charge in [0.05, 0.1) is 12.0 Å². The highest BCUT2D eigenvalue weighted by Gasteiger charge is 2.48. The summed E-state index contributed by atoms with van der Waals surface area (Å²) in [7, 11) is 0. The second-order valence-electron chi connectivity index (χ2n) is 6.08. The summed E-state index contributed by atoms with van der Waals surface area (Å²) in [6.45, 7) is 3.36. The van der Waals surface area contributed by atoms with Crippen LogP contribution in [0, 0.1) is 11.7 Å². The van der Waals surface area contributed by atoms with Crippen LogP contribution in [0.3, 0.4) is 0 Å². The minimum absolute atomic E-state index is 0.142. The summed E-state index contributed by atoms with van der Waals surface area (Å²) in [6.07, 6.45) is 3.84. The zero-order valence-electron chi connectivity index (χ0n) is 13.3. The predicted octanol–water partition coefficient (Wildman–Crippen LogP) is 2.89. The largest absolute Gasteiger partial charge is 0.461 e. The monoisotopic (exact) mass is 320 g/mol. The Morgan fingerprint density at radius 1 is 1.39 bits per heavy atom. The van der Waals surface area contributed by atoms with Crippen LogP contribution in [-0.4, -0.2) is 28.6 Å². The van der Waals surface area contributed by atoms with Gasteiger partial charge in [-0.1, -0.05) is 18.2 Å². The van der Waals surface area contributed by atoms with Gasteiger partial charge in [-0.3, -0.25) is 4.79 Å². The van der Waals surface area contributed by atoms with Crippen molar-refractivity contribution in [1.82, 2.24) is 0 Å². The molecule has 0 heterocycles. The Hall–Kier alpha value is -2.01. The van der Waals surface area contributed by atoms with Crippen LogP contribution in [0.15, 0.2) is 30.3 Å². The Morgan fingerprint density at radius 3 is 2.57 bits per heavy atom. The number of rotatable bonds is 5. The van der Waals surface area contributed by atoms with Crippen LogP contribution in [-0.2, 0) is 14.3 Å². The first-order valence-electron chi connectivity index (χ1n) is 7.74. The summed E-state index contributed by atoms with van der Waals surface area (Å²) in [5.41, 5.74) is -1.38. The van der Waals surface area contributed by atoms with Crippen LogP contribution in [0.1, 0.15) is 38.7 Å². The predicted molar refractivity (Wildman–Crippen MR) is 84.0 cm³/mol. The maximum atomic E-state index is 12.9. The highest BCUT2D eigenvalue weighted by Crippen LogP contribution is 2.34. The number of ether oxygens (including phenoxy) is 1. The average molecular weight is 320 g/mol. The van der Waals surface area contributed by atoms with Gasteiger partial charge in [0.2, 0.25) is 0 Å². The number of benzene rings is 1. The van der Waals surface area contributed by atoms with Gasteiger partial charge in [-0.15, -0.1) is 0 Å². The fraction of sp³-hybridized carbons (Fsp3) is 0.444. The van der Waals surface area contributed by atoms with E-state index in [4.69, 9.17) is 4.74 Å². The Morgan fingerprint density at radius 2 is 2.04 bits per heavy atom. The fourth-order valence-electron chi connectivity index (χ4n) is 2.71. The van der Waals surface area contributed by atoms with Crippen LogP contribution < -0.4 is 0 Å². The zero-order valence-corrected chi connectivity index (χ0v) is 13.3. The molecule has 1 N–H and O–H groups in total. The Kier molecular flexibility index (Phi) is 5.31. The lowest BCUT2D eigenvalue weighted by Gasteiger charge is -2.28. The molecule has 2 rings (SSSR count). The summed E-state index contributed by atoms with van der Waals surface area (Å²) in [5, 5.41) is 10.9. The SMILES string of the molecule is CC(C)OC(=O)[C@@](O)(/C=C/c1ccc(F)cc1)[C@@H]1CCCC1=O. The van der Waals surface area contributed by atoms with Crippen LogP contribution >= 0.6 is 0 Å². The molecule has 1 fully saturated rings. The number of carbonyl (C=O) groups is 2. The lowest BCUT2D eigenvalue weighted by atomic mass is 9.84. The number of Topliss-reactive ketones (excluding diaryl/α,β-unsaturated/α-hetero) is 1. The molecule has 0 saturated heterocycles. The molecule has 1 aliphatic rings. The van der Waals surface area contributed by atoms with Gasteiger partial charge in [0.1, 0.15) is 11.6 Å². The maximum absolute atomic E-state index is 12.9. The highest BCUT2D eigenvalue weighted by molar-refractivity contribution is 5.94. The van der Waals surface area contributed by atoms with Crippen LogP contribution in [0.2, 0.25) is 0 Å². The lowest BCUT2D eigenvalue weighted by molar-refractivity contribution is -0.170. The summed E-state index contributed by atoms with van der Waals surface area (Å²) in [4.78, 5) is 24.4. The summed E-state index contributed by atoms with van der Waals surface area (Å²) < 4.78 is 18.1. The molecule has 1 aliphatic carbocycles. The van der Waals surface area contributed by atoms with Crippen LogP contribution in [0.5, 0.6) is 0 Å². The summed E-state index contributed by atoms with van der Waals surface area (Å²) >= 11 is 0. The highest BCUT2D eigenvalue weighted by atomic mass is 19.1. The second kappa shape index (κ2) is 7.04. The summed E-state index contributed by atoms with van der Waals surface area (Å²) in [5.74, 6) is -2.14. The van der Waals surface area contributed by atoms with Crippen LogP contribution in [0.25, 0.3) is 6.08 Å². The zero-order chi connectivity index (χ0) is 17.0. The van der Waals surface area contributed by atoms with Crippen molar-refractivity contribution in [2.75, 3.05) is 0 Å². The van der Waals surface area contributed by atoms with Crippen LogP contribution in [0.4, 0.5) is 4.39 Å². The van der Waals surface area contributed by atoms with Crippen molar-refractivity contribution in [3.63, 3.8) is 0 Å². The third-order valence-corrected chi connectivity index (χ3v) is 3.91. The smallest absolute Gasteiger partial charge is 0.343 e. The molecule has 23 heavy (non-hydrogen) atoms. The topological polar surface area (TPSA) is 63.6 Å². The molecule has 0 aromatic heterocycles. The van der Waals surface area contributed by atoms with Gasteiger partial charge in [-0.25, -0.2) is 9.18 Å². The van der Waals surface area contributed by atoms with Crippen molar-refractivity contribution >= 4 is 17.8 Å². The number of aliphatic hydroxyl groups is 1. The van der Waals surface area contributed by atoms with Gasteiger partial charge in [0.15, 0.2) is 5.60 Å². The Labute approximate surface area is 135 Å². The number of hydrogen-bond acceptors (Lipinski definition) is 4. The molecule has 5 heteroatoms. The Balaban J connectivity index is 2.30. The van der Waals surface area contributed by atoms with Crippen molar-refractivity contribution in [2.45, 2.75) is 44.8 Å². The first kappa shape index (κ1) is 17.3. The molecule has 124 valence electrons. The van der Waals surface area contributed by atoms with E-state index >= 15 is 0 Å². The van der Waals surface area contributed by atoms with Gasteiger partial charge >= 0.3 is 5.97 Å². The minimum Gasteiger partial charge on any atom is -0.461 e. The molecular weight excluding hydrogens is 299 g/mol. The molecule has 2 atom stereocenters. The summed E-state index contributed by atoms with van der Waals surface area (Å²) in [6, 6.07) is 5.62. The number of ketones is 1. The van der Waals surface area contributed by atoms with E-state index < -0.39 is 23.6 Å². The standard InChI is InChI=1S/C18H21FO4/c1-12(2)23-17(21)18(22,15-4-3-5-16(15)20)11-10-13-6-8-14(19)9-7-13/h6-12,15,22H,3-5H2,1-2H3/b11-10+/t15-,18-/m1/s1. The molecule has 0 spiro atoms. The number of hydrogen-bond donors (Lipinski definition) is 1. The molecular formula is C18H21FO4. The maximum Gasteiger partial charge on any atom is 0.343 e. The average Bonchev–Trinajstić information content (AvgIpc) is 2.92. The van der Waals surface area contributed by atoms with E-state index in [1.54, 1.807) is 13.8 Å². The molecule has 0 amide bonds. The normalized spacial score (nSPS) is 20.9. The first-order chi connectivity index (χ1) is 10.8. The molecule has 1 aromatic rings. The van der Waals surface area contributed by atoms with E-state index in [0.29, 0.717) is 24.8 Å². The van der Waals surface area contributed by atoms with Gasteiger partial charge in [0.25, 0.3) is 0 Å². The van der Waals surface area contributed by atoms with E-state index in [1.807, 2.05) is 0 Å². The first-order valence-corrected chi connectivity index (χ1v) is 7.74. The van der Waals surface area contributed by atoms with E-state index in [1.165, 1.54) is 36.4 Å². The van der Waals surface area contributed by atoms with E-state index in [9.17, 15) is 19.1 Å². The van der Waals surface area contributed by atoms with Crippen molar-refractivity contribution in [3.05, 3.63) is 41.7 Å². The number of halogens is 1. The Bertz CT molecular complexity index is 606. The molecule has 0 bridgehead atoms. The van der Waals surface area contributed by atoms with Gasteiger partial charge < -0.3 is 9.84 Å². The minimum atomic E-state index is -1.99.